The van der Waals surface area contributed by atoms with Gasteiger partial charge in [-0.15, -0.1) is 0 Å². The Morgan fingerprint density at radius 2 is 2.03 bits per heavy atom. The molecule has 13 heteroatoms. The van der Waals surface area contributed by atoms with Crippen LogP contribution in [0.1, 0.15) is 60.6 Å². The molecule has 2 N–H and O–H groups in total. The molecule has 37 heavy (non-hydrogen) atoms. The van der Waals surface area contributed by atoms with Crippen LogP contribution >= 0.6 is 0 Å². The van der Waals surface area contributed by atoms with Crippen molar-refractivity contribution in [3.05, 3.63) is 35.9 Å². The zero-order valence-corrected chi connectivity index (χ0v) is 20.0. The largest absolute Gasteiger partial charge is 0.389 e. The van der Waals surface area contributed by atoms with Crippen LogP contribution in [0, 0.1) is 5.92 Å². The first kappa shape index (κ1) is 23.9. The number of fused-ring (bicyclic) bond motifs is 3. The summed E-state index contributed by atoms with van der Waals surface area (Å²) in [6.07, 6.45) is 5.00. The van der Waals surface area contributed by atoms with Crippen molar-refractivity contribution in [2.75, 3.05) is 30.0 Å². The number of rotatable bonds is 7. The van der Waals surface area contributed by atoms with Crippen LogP contribution < -0.4 is 10.2 Å². The lowest BCUT2D eigenvalue weighted by Gasteiger charge is -2.27. The van der Waals surface area contributed by atoms with Gasteiger partial charge in [0.15, 0.2) is 17.1 Å². The molecule has 3 fully saturated rings. The first-order valence-corrected chi connectivity index (χ1v) is 12.5. The van der Waals surface area contributed by atoms with Crippen LogP contribution in [-0.2, 0) is 9.53 Å². The molecule has 3 aromatic rings. The van der Waals surface area contributed by atoms with Gasteiger partial charge in [-0.25, -0.2) is 18.3 Å². The van der Waals surface area contributed by atoms with E-state index in [-0.39, 0.29) is 41.1 Å². The summed E-state index contributed by atoms with van der Waals surface area (Å²) >= 11 is 0. The van der Waals surface area contributed by atoms with E-state index in [4.69, 9.17) is 9.84 Å². The Kier molecular flexibility index (Phi) is 6.11. The number of carbonyl (C=O) groups is 2. The third-order valence-corrected chi connectivity index (χ3v) is 7.69. The predicted octanol–water partition coefficient (Wildman–Crippen LogP) is 2.39. The zero-order valence-electron chi connectivity index (χ0n) is 20.0. The molecule has 2 saturated heterocycles. The Bertz CT molecular complexity index is 1330. The topological polar surface area (TPSA) is 127 Å². The number of halogens is 2. The highest BCUT2D eigenvalue weighted by atomic mass is 19.3. The van der Waals surface area contributed by atoms with Crippen molar-refractivity contribution >= 4 is 28.8 Å². The number of ketones is 1. The second-order valence-electron chi connectivity index (χ2n) is 9.90. The van der Waals surface area contributed by atoms with E-state index in [9.17, 15) is 18.4 Å². The van der Waals surface area contributed by atoms with Gasteiger partial charge in [-0.3, -0.25) is 14.3 Å². The number of nitrogens with zero attached hydrogens (tertiary/aromatic N) is 6. The minimum absolute atomic E-state index is 0.0712. The molecule has 3 aliphatic rings. The molecular weight excluding hydrogens is 488 g/mol. The maximum atomic E-state index is 13.8. The lowest BCUT2D eigenvalue weighted by molar-refractivity contribution is -0.126. The molecule has 3 aromatic heterocycles. The van der Waals surface area contributed by atoms with Gasteiger partial charge in [0.05, 0.1) is 36.7 Å². The van der Waals surface area contributed by atoms with Gasteiger partial charge >= 0.3 is 0 Å². The molecule has 11 nitrogen and oxygen atoms in total. The number of nitrogens with one attached hydrogen (secondary N) is 1. The fraction of sp³-hybridized carbons (Fsp3) is 0.542. The summed E-state index contributed by atoms with van der Waals surface area (Å²) in [7, 11) is 0. The Balaban J connectivity index is 1.22. The molecule has 2 atom stereocenters. The van der Waals surface area contributed by atoms with E-state index in [2.05, 4.69) is 25.4 Å². The molecule has 2 aliphatic heterocycles. The highest BCUT2D eigenvalue weighted by Crippen LogP contribution is 2.35. The van der Waals surface area contributed by atoms with Crippen molar-refractivity contribution in [3.8, 4) is 0 Å². The van der Waals surface area contributed by atoms with Gasteiger partial charge in [-0.05, 0) is 38.2 Å². The zero-order chi connectivity index (χ0) is 25.7. The maximum absolute atomic E-state index is 13.8. The number of aliphatic hydroxyl groups excluding tert-OH is 1. The predicted molar refractivity (Wildman–Crippen MR) is 127 cm³/mol. The van der Waals surface area contributed by atoms with Crippen LogP contribution in [0.4, 0.5) is 20.3 Å². The lowest BCUT2D eigenvalue weighted by Crippen LogP contribution is -2.37. The van der Waals surface area contributed by atoms with Gasteiger partial charge in [0.2, 0.25) is 0 Å². The number of aromatic nitrogens is 5. The fourth-order valence-corrected chi connectivity index (χ4v) is 5.69. The third kappa shape index (κ3) is 4.35. The molecule has 1 saturated carbocycles. The molecule has 2 bridgehead atoms. The number of aliphatic hydroxyl groups is 1. The van der Waals surface area contributed by atoms with E-state index in [1.54, 1.807) is 6.20 Å². The second-order valence-corrected chi connectivity index (χ2v) is 9.90. The molecule has 5 heterocycles. The van der Waals surface area contributed by atoms with Crippen LogP contribution in [0.25, 0.3) is 5.65 Å². The number of morpholine rings is 1. The Labute approximate surface area is 210 Å². The summed E-state index contributed by atoms with van der Waals surface area (Å²) in [6, 6.07) is 1.91. The highest BCUT2D eigenvalue weighted by molar-refractivity contribution is 6.08. The number of hydrogen-bond acceptors (Lipinski definition) is 8. The summed E-state index contributed by atoms with van der Waals surface area (Å²) in [5, 5.41) is 19.9. The van der Waals surface area contributed by atoms with Gasteiger partial charge in [0.25, 0.3) is 12.3 Å². The molecule has 2 unspecified atom stereocenters. The number of amides is 1. The Morgan fingerprint density at radius 1 is 1.22 bits per heavy atom. The lowest BCUT2D eigenvalue weighted by atomic mass is 9.84. The monoisotopic (exact) mass is 515 g/mol. The first-order valence-electron chi connectivity index (χ1n) is 12.5. The van der Waals surface area contributed by atoms with Crippen LogP contribution in [-0.4, -0.2) is 73.1 Å². The van der Waals surface area contributed by atoms with E-state index in [0.717, 1.165) is 13.0 Å². The van der Waals surface area contributed by atoms with Gasteiger partial charge < -0.3 is 20.1 Å². The molecule has 6 rings (SSSR count). The van der Waals surface area contributed by atoms with E-state index < -0.39 is 24.6 Å². The summed E-state index contributed by atoms with van der Waals surface area (Å²) in [5.41, 5.74) is -0.0896. The SMILES string of the molecule is O=C(Nc1cn([C@H]2CC[C@H](C(=O)CO)CC2)nc1C(F)F)c1cnn2ccc(N3CC4CC3CO4)nc12. The Morgan fingerprint density at radius 3 is 2.70 bits per heavy atom. The fourth-order valence-electron chi connectivity index (χ4n) is 5.69. The summed E-state index contributed by atoms with van der Waals surface area (Å²) in [6.45, 7) is 0.886. The van der Waals surface area contributed by atoms with Gasteiger partial charge in [-0.2, -0.15) is 10.2 Å². The van der Waals surface area contributed by atoms with Gasteiger partial charge in [0, 0.05) is 24.9 Å². The van der Waals surface area contributed by atoms with Gasteiger partial charge in [-0.1, -0.05) is 0 Å². The summed E-state index contributed by atoms with van der Waals surface area (Å²) in [5.74, 6) is -0.309. The van der Waals surface area contributed by atoms with Crippen LogP contribution in [0.3, 0.4) is 0 Å². The molecular formula is C24H27F2N7O4. The average molecular weight is 516 g/mol. The van der Waals surface area contributed by atoms with E-state index >= 15 is 0 Å². The third-order valence-electron chi connectivity index (χ3n) is 7.69. The smallest absolute Gasteiger partial charge is 0.284 e. The average Bonchev–Trinajstić information content (AvgIpc) is 3.71. The van der Waals surface area contributed by atoms with Crippen molar-refractivity contribution in [3.63, 3.8) is 0 Å². The normalized spacial score (nSPS) is 25.4. The quantitative estimate of drug-likeness (QED) is 0.491. The van der Waals surface area contributed by atoms with Crippen LogP contribution in [0.2, 0.25) is 0 Å². The number of alkyl halides is 2. The summed E-state index contributed by atoms with van der Waals surface area (Å²) < 4.78 is 36.2. The molecule has 0 aromatic carbocycles. The highest BCUT2D eigenvalue weighted by Gasteiger charge is 2.39. The molecule has 1 amide bonds. The van der Waals surface area contributed by atoms with Crippen molar-refractivity contribution in [2.45, 2.75) is 56.7 Å². The van der Waals surface area contributed by atoms with Crippen molar-refractivity contribution in [1.29, 1.82) is 0 Å². The molecule has 196 valence electrons. The van der Waals surface area contributed by atoms with E-state index in [1.165, 1.54) is 21.6 Å². The van der Waals surface area contributed by atoms with Gasteiger partial charge in [0.1, 0.15) is 18.0 Å². The van der Waals surface area contributed by atoms with Crippen LogP contribution in [0.5, 0.6) is 0 Å². The minimum Gasteiger partial charge on any atom is -0.389 e. The second kappa shape index (κ2) is 9.45. The number of carbonyl (C=O) groups excluding carboxylic acids is 2. The van der Waals surface area contributed by atoms with E-state index in [0.29, 0.717) is 43.8 Å². The number of Topliss-reactive ketones (excluding diaryl/α,β-unsaturated/α-hetero) is 1. The summed E-state index contributed by atoms with van der Waals surface area (Å²) in [4.78, 5) is 31.8. The number of hydrogen-bond donors (Lipinski definition) is 2. The van der Waals surface area contributed by atoms with Crippen molar-refractivity contribution in [2.24, 2.45) is 5.92 Å². The molecule has 0 spiro atoms. The van der Waals surface area contributed by atoms with Crippen molar-refractivity contribution in [1.82, 2.24) is 24.4 Å². The van der Waals surface area contributed by atoms with Crippen LogP contribution in [0.15, 0.2) is 24.7 Å². The van der Waals surface area contributed by atoms with Crippen molar-refractivity contribution < 1.29 is 28.2 Å². The molecule has 1 aliphatic carbocycles. The standard InChI is InChI=1S/C24H27F2N7O4/c25-22(26)21-18(10-33(30-21)14-3-1-13(2-4-14)19(35)11-34)28-24(36)17-8-27-32-6-5-20(29-23(17)32)31-9-16-7-15(31)12-37-16/h5-6,8,10,13-16,22,34H,1-4,7,9,11-12H2,(H,28,36)/t13-,14-,15?,16?. The minimum atomic E-state index is -2.88. The number of anilines is 2. The Hall–Kier alpha value is -3.45. The maximum Gasteiger partial charge on any atom is 0.284 e. The number of ether oxygens (including phenoxy) is 1. The first-order chi connectivity index (χ1) is 17.9. The molecule has 0 radical (unpaired) electrons. The van der Waals surface area contributed by atoms with E-state index in [1.807, 2.05) is 6.07 Å².